The largest absolute Gasteiger partial charge is 0.395 e. The van der Waals surface area contributed by atoms with Crippen LogP contribution in [0.5, 0.6) is 0 Å². The molecule has 0 saturated carbocycles. The van der Waals surface area contributed by atoms with E-state index in [1.807, 2.05) is 66.7 Å². The van der Waals surface area contributed by atoms with Gasteiger partial charge in [-0.1, -0.05) is 72.8 Å². The normalized spacial score (nSPS) is 11.7. The van der Waals surface area contributed by atoms with Gasteiger partial charge < -0.3 is 15.7 Å². The maximum atomic E-state index is 12.2. The third-order valence-corrected chi connectivity index (χ3v) is 3.48. The van der Waals surface area contributed by atoms with Gasteiger partial charge in [-0.2, -0.15) is 0 Å². The molecule has 138 valence electrons. The van der Waals surface area contributed by atoms with Crippen LogP contribution in [0.3, 0.4) is 0 Å². The highest BCUT2D eigenvalue weighted by molar-refractivity contribution is 6.01. The van der Waals surface area contributed by atoms with Gasteiger partial charge in [0.15, 0.2) is 0 Å². The fraction of sp³-hybridized carbons (Fsp3) is 0.0909. The predicted molar refractivity (Wildman–Crippen MR) is 107 cm³/mol. The Hall–Kier alpha value is -3.44. The number of hydrogen-bond acceptors (Lipinski definition) is 3. The summed E-state index contributed by atoms with van der Waals surface area (Å²) in [6.45, 7) is -0.0744. The van der Waals surface area contributed by atoms with E-state index in [2.05, 4.69) is 10.6 Å². The summed E-state index contributed by atoms with van der Waals surface area (Å²) in [6, 6.07) is 19.0. The highest BCUT2D eigenvalue weighted by atomic mass is 16.3. The molecule has 5 nitrogen and oxygen atoms in total. The Balaban J connectivity index is 2.08. The van der Waals surface area contributed by atoms with Gasteiger partial charge in [-0.05, 0) is 23.3 Å². The summed E-state index contributed by atoms with van der Waals surface area (Å²) in [4.78, 5) is 24.3. The van der Waals surface area contributed by atoms with Crippen molar-refractivity contribution >= 4 is 24.0 Å². The molecule has 5 heteroatoms. The van der Waals surface area contributed by atoms with Crippen LogP contribution < -0.4 is 10.6 Å². The highest BCUT2D eigenvalue weighted by Gasteiger charge is 2.10. The summed E-state index contributed by atoms with van der Waals surface area (Å²) in [7, 11) is 0. The van der Waals surface area contributed by atoms with Crippen LogP contribution in [0.25, 0.3) is 12.2 Å². The minimum atomic E-state index is -0.469. The number of aliphatic hydroxyl groups excluding tert-OH is 1. The van der Waals surface area contributed by atoms with Crippen LogP contribution in [-0.4, -0.2) is 30.1 Å². The Bertz CT molecular complexity index is 825. The van der Waals surface area contributed by atoms with Gasteiger partial charge in [-0.15, -0.1) is 0 Å². The molecule has 0 aliphatic rings. The van der Waals surface area contributed by atoms with E-state index < -0.39 is 11.8 Å². The van der Waals surface area contributed by atoms with E-state index in [4.69, 9.17) is 5.11 Å². The summed E-state index contributed by atoms with van der Waals surface area (Å²) >= 11 is 0. The molecule has 0 unspecified atom stereocenters. The standard InChI is InChI=1S/C22H22N2O3/c25-17-16-23-22(27)20(13-7-12-18-8-3-1-4-9-18)24-21(26)15-14-19-10-5-2-6-11-19/h1-15,25H,16-17H2,(H,23,27)(H,24,26)/b12-7+,15-14?,20-13-. The Labute approximate surface area is 158 Å². The van der Waals surface area contributed by atoms with Crippen LogP contribution in [-0.2, 0) is 9.59 Å². The molecule has 0 saturated heterocycles. The van der Waals surface area contributed by atoms with E-state index in [0.717, 1.165) is 11.1 Å². The molecule has 3 N–H and O–H groups in total. The van der Waals surface area contributed by atoms with Crippen LogP contribution >= 0.6 is 0 Å². The van der Waals surface area contributed by atoms with E-state index in [9.17, 15) is 9.59 Å². The zero-order valence-corrected chi connectivity index (χ0v) is 14.8. The van der Waals surface area contributed by atoms with Crippen molar-refractivity contribution in [3.63, 3.8) is 0 Å². The molecule has 0 radical (unpaired) electrons. The number of carbonyl (C=O) groups is 2. The number of allylic oxidation sites excluding steroid dienone is 2. The molecule has 0 fully saturated rings. The number of hydrogen-bond donors (Lipinski definition) is 3. The van der Waals surface area contributed by atoms with Crippen molar-refractivity contribution in [1.29, 1.82) is 0 Å². The van der Waals surface area contributed by atoms with Crippen LogP contribution in [0.1, 0.15) is 11.1 Å². The van der Waals surface area contributed by atoms with Gasteiger partial charge >= 0.3 is 0 Å². The second-order valence-corrected chi connectivity index (χ2v) is 5.56. The van der Waals surface area contributed by atoms with Crippen molar-refractivity contribution in [2.75, 3.05) is 13.2 Å². The zero-order chi connectivity index (χ0) is 19.3. The fourth-order valence-corrected chi connectivity index (χ4v) is 2.17. The van der Waals surface area contributed by atoms with Crippen molar-refractivity contribution in [3.05, 3.63) is 95.7 Å². The lowest BCUT2D eigenvalue weighted by molar-refractivity contribution is -0.121. The van der Waals surface area contributed by atoms with E-state index in [0.29, 0.717) is 0 Å². The SMILES string of the molecule is O=C(C=Cc1ccccc1)N/C(=C\C=C\c1ccccc1)C(=O)NCCO. The zero-order valence-electron chi connectivity index (χ0n) is 14.8. The van der Waals surface area contributed by atoms with Crippen molar-refractivity contribution in [2.45, 2.75) is 0 Å². The highest BCUT2D eigenvalue weighted by Crippen LogP contribution is 2.03. The van der Waals surface area contributed by atoms with Crippen molar-refractivity contribution in [3.8, 4) is 0 Å². The molecule has 0 aromatic heterocycles. The van der Waals surface area contributed by atoms with Crippen molar-refractivity contribution in [1.82, 2.24) is 10.6 Å². The monoisotopic (exact) mass is 362 g/mol. The number of nitrogens with one attached hydrogen (secondary N) is 2. The number of aliphatic hydroxyl groups is 1. The van der Waals surface area contributed by atoms with E-state index in [1.165, 1.54) is 12.2 Å². The van der Waals surface area contributed by atoms with E-state index in [1.54, 1.807) is 12.2 Å². The topological polar surface area (TPSA) is 78.4 Å². The molecule has 2 amide bonds. The smallest absolute Gasteiger partial charge is 0.267 e. The lowest BCUT2D eigenvalue weighted by Crippen LogP contribution is -2.35. The summed E-state index contributed by atoms with van der Waals surface area (Å²) in [6.07, 6.45) is 8.06. The summed E-state index contributed by atoms with van der Waals surface area (Å²) < 4.78 is 0. The first-order valence-electron chi connectivity index (χ1n) is 8.55. The summed E-state index contributed by atoms with van der Waals surface area (Å²) in [5.74, 6) is -0.888. The molecule has 0 aliphatic heterocycles. The van der Waals surface area contributed by atoms with Gasteiger partial charge in [-0.3, -0.25) is 9.59 Å². The molecule has 0 aliphatic carbocycles. The van der Waals surface area contributed by atoms with Crippen molar-refractivity contribution in [2.24, 2.45) is 0 Å². The van der Waals surface area contributed by atoms with Crippen LogP contribution in [0.15, 0.2) is 84.6 Å². The Morgan fingerprint density at radius 2 is 1.48 bits per heavy atom. The van der Waals surface area contributed by atoms with Crippen molar-refractivity contribution < 1.29 is 14.7 Å². The second kappa shape index (κ2) is 11.2. The molecule has 0 atom stereocenters. The molecule has 2 aromatic rings. The molecule has 0 heterocycles. The van der Waals surface area contributed by atoms with E-state index in [-0.39, 0.29) is 18.8 Å². The predicted octanol–water partition coefficient (Wildman–Crippen LogP) is 2.52. The third-order valence-electron chi connectivity index (χ3n) is 3.48. The molecular weight excluding hydrogens is 340 g/mol. The minimum absolute atomic E-state index is 0.0957. The molecule has 2 aromatic carbocycles. The Morgan fingerprint density at radius 3 is 2.07 bits per heavy atom. The van der Waals surface area contributed by atoms with E-state index >= 15 is 0 Å². The first-order valence-corrected chi connectivity index (χ1v) is 8.55. The Kier molecular flexibility index (Phi) is 8.27. The van der Waals surface area contributed by atoms with Gasteiger partial charge in [0.2, 0.25) is 5.91 Å². The quantitative estimate of drug-likeness (QED) is 0.499. The number of amides is 2. The van der Waals surface area contributed by atoms with Gasteiger partial charge in [0.1, 0.15) is 5.70 Å². The number of rotatable bonds is 8. The molecular formula is C22H22N2O3. The lowest BCUT2D eigenvalue weighted by atomic mass is 10.2. The molecule has 2 rings (SSSR count). The fourth-order valence-electron chi connectivity index (χ4n) is 2.17. The summed E-state index contributed by atoms with van der Waals surface area (Å²) in [5.41, 5.74) is 1.95. The average molecular weight is 362 g/mol. The average Bonchev–Trinajstić information content (AvgIpc) is 2.71. The second-order valence-electron chi connectivity index (χ2n) is 5.56. The maximum Gasteiger partial charge on any atom is 0.267 e. The van der Waals surface area contributed by atoms with Gasteiger partial charge in [0.25, 0.3) is 5.91 Å². The van der Waals surface area contributed by atoms with Crippen LogP contribution in [0, 0.1) is 0 Å². The molecule has 0 bridgehead atoms. The number of benzene rings is 2. The summed E-state index contributed by atoms with van der Waals surface area (Å²) in [5, 5.41) is 14.0. The van der Waals surface area contributed by atoms with Crippen LogP contribution in [0.4, 0.5) is 0 Å². The third kappa shape index (κ3) is 7.54. The maximum absolute atomic E-state index is 12.2. The first kappa shape index (κ1) is 19.9. The van der Waals surface area contributed by atoms with Gasteiger partial charge in [0.05, 0.1) is 6.61 Å². The van der Waals surface area contributed by atoms with Gasteiger partial charge in [0, 0.05) is 12.6 Å². The molecule has 27 heavy (non-hydrogen) atoms. The Morgan fingerprint density at radius 1 is 0.889 bits per heavy atom. The molecule has 0 spiro atoms. The van der Waals surface area contributed by atoms with Crippen LogP contribution in [0.2, 0.25) is 0 Å². The lowest BCUT2D eigenvalue weighted by Gasteiger charge is -2.08. The minimum Gasteiger partial charge on any atom is -0.395 e. The van der Waals surface area contributed by atoms with Gasteiger partial charge in [-0.25, -0.2) is 0 Å². The number of carbonyl (C=O) groups excluding carboxylic acids is 2. The first-order chi connectivity index (χ1) is 13.2.